The number of carbonyl (C=O) groups excluding carboxylic acids is 1. The van der Waals surface area contributed by atoms with Crippen molar-refractivity contribution in [2.45, 2.75) is 25.2 Å². The van der Waals surface area contributed by atoms with Crippen LogP contribution in [0.25, 0.3) is 9.69 Å². The van der Waals surface area contributed by atoms with Crippen LogP contribution in [0.3, 0.4) is 0 Å². The lowest BCUT2D eigenvalue weighted by Crippen LogP contribution is -2.39. The number of urea groups is 1. The maximum absolute atomic E-state index is 12.1. The normalized spacial score (nSPS) is 11.0. The van der Waals surface area contributed by atoms with E-state index in [1.54, 1.807) is 0 Å². The number of anilines is 1. The highest BCUT2D eigenvalue weighted by Gasteiger charge is 2.15. The predicted octanol–water partition coefficient (Wildman–Crippen LogP) is 4.17. The molecule has 3 N–H and O–H groups in total. The van der Waals surface area contributed by atoms with Crippen LogP contribution in [-0.2, 0) is 15.3 Å². The van der Waals surface area contributed by atoms with Gasteiger partial charge >= 0.3 is 6.03 Å². The Bertz CT molecular complexity index is 1060. The third-order valence-electron chi connectivity index (χ3n) is 4.15. The molecule has 10 heteroatoms. The van der Waals surface area contributed by atoms with E-state index in [2.05, 4.69) is 25.9 Å². The van der Waals surface area contributed by atoms with E-state index in [4.69, 9.17) is 22.1 Å². The number of nitrogens with zero attached hydrogens (tertiary/aromatic N) is 2. The Labute approximate surface area is 184 Å². The van der Waals surface area contributed by atoms with Crippen molar-refractivity contribution in [1.29, 1.82) is 0 Å². The van der Waals surface area contributed by atoms with Gasteiger partial charge in [-0.1, -0.05) is 17.7 Å². The molecule has 9 nitrogen and oxygen atoms in total. The summed E-state index contributed by atoms with van der Waals surface area (Å²) in [5.41, 5.74) is 7.59. The van der Waals surface area contributed by atoms with Gasteiger partial charge in [0.1, 0.15) is 5.75 Å². The van der Waals surface area contributed by atoms with Gasteiger partial charge in [0.15, 0.2) is 22.5 Å². The van der Waals surface area contributed by atoms with Crippen molar-refractivity contribution in [3.05, 3.63) is 64.3 Å². The Balaban J connectivity index is 1.86. The maximum Gasteiger partial charge on any atom is 0.333 e. The molecule has 162 valence electrons. The first-order valence-corrected chi connectivity index (χ1v) is 10.4. The van der Waals surface area contributed by atoms with Crippen molar-refractivity contribution in [3.8, 4) is 5.75 Å². The van der Waals surface area contributed by atoms with Crippen molar-refractivity contribution in [2.75, 3.05) is 25.7 Å². The van der Waals surface area contributed by atoms with Crippen molar-refractivity contribution >= 4 is 34.2 Å². The number of nitrogens with one attached hydrogen (secondary N) is 3. The van der Waals surface area contributed by atoms with E-state index in [0.717, 1.165) is 11.3 Å². The van der Waals surface area contributed by atoms with Crippen molar-refractivity contribution in [3.63, 3.8) is 0 Å². The van der Waals surface area contributed by atoms with E-state index in [-0.39, 0.29) is 22.0 Å². The number of hydrogen-bond donors (Lipinski definition) is 3. The minimum Gasteiger partial charge on any atom is -0.493 e. The minimum atomic E-state index is -1.87. The van der Waals surface area contributed by atoms with Gasteiger partial charge < -0.3 is 10.1 Å². The van der Waals surface area contributed by atoms with Crippen molar-refractivity contribution in [1.82, 2.24) is 10.7 Å². The van der Waals surface area contributed by atoms with Gasteiger partial charge in [0.25, 0.3) is 0 Å². The number of hydrazine groups is 1. The fraction of sp³-hybridized carbons (Fsp3) is 0.286. The quantitative estimate of drug-likeness (QED) is 0.308. The Morgan fingerprint density at radius 2 is 1.84 bits per heavy atom. The van der Waals surface area contributed by atoms with Gasteiger partial charge in [0.2, 0.25) is 0 Å². The molecule has 0 bridgehead atoms. The summed E-state index contributed by atoms with van der Waals surface area (Å²) in [5, 5.41) is 2.67. The van der Waals surface area contributed by atoms with Crippen LogP contribution in [0.15, 0.2) is 35.2 Å². The third-order valence-corrected chi connectivity index (χ3v) is 5.15. The summed E-state index contributed by atoms with van der Waals surface area (Å²) in [6.45, 7) is 19.1. The molecule has 2 amide bonds. The molecule has 0 heterocycles. The molecule has 0 aliphatic heterocycles. The zero-order chi connectivity index (χ0) is 22.8. The van der Waals surface area contributed by atoms with Crippen LogP contribution in [0.1, 0.15) is 17.5 Å². The van der Waals surface area contributed by atoms with Gasteiger partial charge in [-0.25, -0.2) is 9.00 Å². The summed E-state index contributed by atoms with van der Waals surface area (Å²) in [6.07, 6.45) is 0.598. The summed E-state index contributed by atoms with van der Waals surface area (Å²) in [6, 6.07) is 8.07. The molecule has 2 aromatic rings. The van der Waals surface area contributed by atoms with Crippen molar-refractivity contribution < 1.29 is 17.9 Å². The van der Waals surface area contributed by atoms with E-state index >= 15 is 0 Å². The number of carbonyl (C=O) groups is 1. The third kappa shape index (κ3) is 6.71. The van der Waals surface area contributed by atoms with Gasteiger partial charge in [-0.3, -0.25) is 24.7 Å². The molecule has 0 saturated heterocycles. The number of aryl methyl sites for hydroxylation is 2. The number of ether oxygens (including phenoxy) is 1. The molecule has 2 aromatic carbocycles. The first-order valence-electron chi connectivity index (χ1n) is 9.28. The van der Waals surface area contributed by atoms with E-state index < -0.39 is 17.1 Å². The molecule has 0 fully saturated rings. The summed E-state index contributed by atoms with van der Waals surface area (Å²) in [5.74, 6) is 0.814. The number of rotatable bonds is 9. The zero-order valence-corrected chi connectivity index (χ0v) is 18.3. The largest absolute Gasteiger partial charge is 0.493 e. The molecular weight excluding hydrogens is 418 g/mol. The van der Waals surface area contributed by atoms with Crippen LogP contribution < -0.4 is 20.9 Å². The van der Waals surface area contributed by atoms with Gasteiger partial charge in [0, 0.05) is 6.54 Å². The van der Waals surface area contributed by atoms with Gasteiger partial charge in [-0.2, -0.15) is 0 Å². The molecule has 2 rings (SSSR count). The second-order valence-electron chi connectivity index (χ2n) is 6.44. The van der Waals surface area contributed by atoms with Gasteiger partial charge in [-0.05, 0) is 44.0 Å². The van der Waals surface area contributed by atoms with Crippen LogP contribution >= 0.6 is 0 Å². The molecule has 0 radical (unpaired) electrons. The Morgan fingerprint density at radius 3 is 2.48 bits per heavy atom. The number of amides is 2. The summed E-state index contributed by atoms with van der Waals surface area (Å²) in [7, 11) is 1.25. The smallest absolute Gasteiger partial charge is 0.333 e. The fourth-order valence-electron chi connectivity index (χ4n) is 2.65. The molecule has 0 aromatic heterocycles. The second-order valence-corrected chi connectivity index (χ2v) is 7.68. The lowest BCUT2D eigenvalue weighted by Gasteiger charge is -2.14. The highest BCUT2D eigenvalue weighted by atomic mass is 32.2. The van der Waals surface area contributed by atoms with Crippen molar-refractivity contribution in [2.24, 2.45) is 0 Å². The topological polar surface area (TPSA) is 97.4 Å². The molecule has 1 atom stereocenters. The van der Waals surface area contributed by atoms with Gasteiger partial charge in [-0.15, -0.1) is 0 Å². The fourth-order valence-corrected chi connectivity index (χ4v) is 3.32. The van der Waals surface area contributed by atoms with Crippen LogP contribution in [0.2, 0.25) is 0 Å². The lowest BCUT2D eigenvalue weighted by atomic mass is 10.1. The second kappa shape index (κ2) is 11.6. The average Bonchev–Trinajstić information content (AvgIpc) is 2.77. The predicted molar refractivity (Wildman–Crippen MR) is 119 cm³/mol. The summed E-state index contributed by atoms with van der Waals surface area (Å²) < 4.78 is 22.6. The lowest BCUT2D eigenvalue weighted by molar-refractivity contribution is 0.241. The first kappa shape index (κ1) is 23.7. The molecular formula is C21H23N5O4S. The molecule has 31 heavy (non-hydrogen) atoms. The molecule has 0 aliphatic carbocycles. The van der Waals surface area contributed by atoms with Gasteiger partial charge in [0.05, 0.1) is 37.4 Å². The average molecular weight is 442 g/mol. The van der Waals surface area contributed by atoms with Crippen LogP contribution in [0.4, 0.5) is 21.9 Å². The van der Waals surface area contributed by atoms with E-state index in [1.165, 1.54) is 24.8 Å². The minimum absolute atomic E-state index is 0.0502. The summed E-state index contributed by atoms with van der Waals surface area (Å²) in [4.78, 5) is 18.7. The molecule has 0 spiro atoms. The SMILES string of the molecule is [C-]#[N+]c1cc(NNC(=O)NCCCOc2ccc(C)cc2C)c(S(=O)OC)cc1[N+]#[C-]. The van der Waals surface area contributed by atoms with E-state index in [0.29, 0.717) is 19.6 Å². The maximum atomic E-state index is 12.1. The highest BCUT2D eigenvalue weighted by molar-refractivity contribution is 7.80. The molecule has 0 saturated carbocycles. The van der Waals surface area contributed by atoms with Crippen LogP contribution in [-0.4, -0.2) is 30.5 Å². The van der Waals surface area contributed by atoms with E-state index in [9.17, 15) is 9.00 Å². The number of hydrogen-bond acceptors (Lipinski definition) is 5. The standard InChI is InChI=1S/C21H23N5O4S/c1-14-7-8-19(15(2)11-14)30-10-6-9-24-21(27)26-25-18-12-16(22-3)17(23-4)13-20(18)31(28)29-5/h7-8,11-13,25H,6,9-10H2,1-2,5H3,(H2,24,26,27). The Morgan fingerprint density at radius 1 is 1.13 bits per heavy atom. The molecule has 1 unspecified atom stereocenters. The van der Waals surface area contributed by atoms with E-state index in [1.807, 2.05) is 32.0 Å². The van der Waals surface area contributed by atoms with Crippen LogP contribution in [0.5, 0.6) is 5.75 Å². The summed E-state index contributed by atoms with van der Waals surface area (Å²) >= 11 is -1.87. The monoisotopic (exact) mass is 441 g/mol. The Hall–Kier alpha value is -3.60. The van der Waals surface area contributed by atoms with Crippen LogP contribution in [0, 0.1) is 27.0 Å². The first-order chi connectivity index (χ1) is 14.9. The number of benzene rings is 2. The highest BCUT2D eigenvalue weighted by Crippen LogP contribution is 2.35. The zero-order valence-electron chi connectivity index (χ0n) is 17.4. The Kier molecular flexibility index (Phi) is 8.82. The molecule has 0 aliphatic rings.